The molecule has 1 atom stereocenters. The Kier molecular flexibility index (Phi) is 5.64. The molecule has 1 saturated heterocycles. The summed E-state index contributed by atoms with van der Waals surface area (Å²) in [7, 11) is 1.85. The predicted molar refractivity (Wildman–Crippen MR) is 113 cm³/mol. The molecule has 1 aliphatic heterocycles. The number of carbonyl (C=O) groups excluding carboxylic acids is 1. The molecule has 0 aliphatic carbocycles. The Morgan fingerprint density at radius 2 is 2.10 bits per heavy atom. The summed E-state index contributed by atoms with van der Waals surface area (Å²) in [6.45, 7) is 1.73. The third kappa shape index (κ3) is 4.33. The first-order valence-corrected chi connectivity index (χ1v) is 10.1. The van der Waals surface area contributed by atoms with Gasteiger partial charge in [0.2, 0.25) is 0 Å². The van der Waals surface area contributed by atoms with Gasteiger partial charge in [0, 0.05) is 30.4 Å². The average Bonchev–Trinajstić information content (AvgIpc) is 3.33. The van der Waals surface area contributed by atoms with Crippen molar-refractivity contribution in [3.05, 3.63) is 64.5 Å². The molecule has 1 amide bonds. The van der Waals surface area contributed by atoms with Gasteiger partial charge in [0.25, 0.3) is 5.91 Å². The fourth-order valence-electron chi connectivity index (χ4n) is 3.32. The molecule has 1 aromatic heterocycles. The van der Waals surface area contributed by atoms with Crippen LogP contribution in [0.15, 0.2) is 53.1 Å². The summed E-state index contributed by atoms with van der Waals surface area (Å²) in [6.07, 6.45) is 2.76. The topological polar surface area (TPSA) is 68.2 Å². The lowest BCUT2D eigenvalue weighted by Crippen LogP contribution is -2.20. The van der Waals surface area contributed by atoms with Crippen molar-refractivity contribution in [1.82, 2.24) is 15.1 Å². The Hall–Kier alpha value is -2.71. The highest BCUT2D eigenvalue weighted by molar-refractivity contribution is 9.10. The second-order valence-electron chi connectivity index (χ2n) is 6.87. The Labute approximate surface area is 176 Å². The maximum atomic E-state index is 13.1. The zero-order chi connectivity index (χ0) is 20.4. The smallest absolute Gasteiger partial charge is 0.255 e. The van der Waals surface area contributed by atoms with Crippen molar-refractivity contribution >= 4 is 27.5 Å². The van der Waals surface area contributed by atoms with E-state index in [1.807, 2.05) is 19.2 Å². The molecule has 8 heteroatoms. The molecule has 4 rings (SSSR count). The summed E-state index contributed by atoms with van der Waals surface area (Å²) < 4.78 is 21.9. The SMILES string of the molecule is Cn1ncc(Br)c1-c1cc(NC(=O)c2ccc(F)cc2)ccc1O[C@@H]1CCNC1. The van der Waals surface area contributed by atoms with Crippen LogP contribution in [0.2, 0.25) is 0 Å². The molecule has 0 spiro atoms. The summed E-state index contributed by atoms with van der Waals surface area (Å²) >= 11 is 3.55. The lowest BCUT2D eigenvalue weighted by Gasteiger charge is -2.18. The van der Waals surface area contributed by atoms with Crippen LogP contribution in [0.3, 0.4) is 0 Å². The van der Waals surface area contributed by atoms with Crippen LogP contribution in [-0.4, -0.2) is 34.9 Å². The second-order valence-corrected chi connectivity index (χ2v) is 7.72. The van der Waals surface area contributed by atoms with E-state index in [0.29, 0.717) is 11.3 Å². The minimum Gasteiger partial charge on any atom is -0.488 e. The number of carbonyl (C=O) groups is 1. The molecule has 1 fully saturated rings. The molecular formula is C21H20BrFN4O2. The van der Waals surface area contributed by atoms with Crippen LogP contribution < -0.4 is 15.4 Å². The van der Waals surface area contributed by atoms with Crippen molar-refractivity contribution in [2.75, 3.05) is 18.4 Å². The molecule has 150 valence electrons. The number of hydrogen-bond donors (Lipinski definition) is 2. The largest absolute Gasteiger partial charge is 0.488 e. The van der Waals surface area contributed by atoms with Crippen molar-refractivity contribution in [2.24, 2.45) is 7.05 Å². The third-order valence-electron chi connectivity index (χ3n) is 4.80. The highest BCUT2D eigenvalue weighted by Crippen LogP contribution is 2.37. The van der Waals surface area contributed by atoms with Crippen LogP contribution in [0.1, 0.15) is 16.8 Å². The molecule has 3 aromatic rings. The molecule has 0 bridgehead atoms. The van der Waals surface area contributed by atoms with Crippen molar-refractivity contribution in [3.8, 4) is 17.0 Å². The van der Waals surface area contributed by atoms with Crippen LogP contribution in [-0.2, 0) is 7.05 Å². The van der Waals surface area contributed by atoms with E-state index in [9.17, 15) is 9.18 Å². The zero-order valence-electron chi connectivity index (χ0n) is 15.8. The van der Waals surface area contributed by atoms with Crippen LogP contribution >= 0.6 is 15.9 Å². The number of aryl methyl sites for hydroxylation is 1. The summed E-state index contributed by atoms with van der Waals surface area (Å²) in [5.74, 6) is 0.0317. The maximum Gasteiger partial charge on any atom is 0.255 e. The van der Waals surface area contributed by atoms with Crippen molar-refractivity contribution in [1.29, 1.82) is 0 Å². The van der Waals surface area contributed by atoms with Gasteiger partial charge >= 0.3 is 0 Å². The van der Waals surface area contributed by atoms with Crippen LogP contribution in [0, 0.1) is 5.82 Å². The van der Waals surface area contributed by atoms with Crippen molar-refractivity contribution < 1.29 is 13.9 Å². The summed E-state index contributed by atoms with van der Waals surface area (Å²) in [5.41, 5.74) is 2.66. The van der Waals surface area contributed by atoms with E-state index in [0.717, 1.165) is 41.0 Å². The number of nitrogens with one attached hydrogen (secondary N) is 2. The molecule has 6 nitrogen and oxygen atoms in total. The molecule has 29 heavy (non-hydrogen) atoms. The summed E-state index contributed by atoms with van der Waals surface area (Å²) in [5, 5.41) is 10.5. The number of halogens is 2. The Morgan fingerprint density at radius 3 is 2.76 bits per heavy atom. The maximum absolute atomic E-state index is 13.1. The first-order valence-electron chi connectivity index (χ1n) is 9.27. The van der Waals surface area contributed by atoms with Gasteiger partial charge in [-0.1, -0.05) is 0 Å². The van der Waals surface area contributed by atoms with Gasteiger partial charge in [0.05, 0.1) is 16.4 Å². The van der Waals surface area contributed by atoms with Crippen LogP contribution in [0.4, 0.5) is 10.1 Å². The zero-order valence-corrected chi connectivity index (χ0v) is 17.4. The predicted octanol–water partition coefficient (Wildman–Crippen LogP) is 3.98. The van der Waals surface area contributed by atoms with E-state index in [1.54, 1.807) is 16.9 Å². The van der Waals surface area contributed by atoms with Gasteiger partial charge in [-0.05, 0) is 71.4 Å². The van der Waals surface area contributed by atoms with Gasteiger partial charge < -0.3 is 15.4 Å². The number of hydrogen-bond acceptors (Lipinski definition) is 4. The van der Waals surface area contributed by atoms with Gasteiger partial charge in [-0.25, -0.2) is 4.39 Å². The number of ether oxygens (including phenoxy) is 1. The molecule has 2 aromatic carbocycles. The molecule has 2 heterocycles. The molecule has 1 aliphatic rings. The first kappa shape index (κ1) is 19.6. The van der Waals surface area contributed by atoms with E-state index >= 15 is 0 Å². The van der Waals surface area contributed by atoms with Gasteiger partial charge in [0.15, 0.2) is 0 Å². The van der Waals surface area contributed by atoms with Gasteiger partial charge in [-0.3, -0.25) is 9.48 Å². The number of aromatic nitrogens is 2. The van der Waals surface area contributed by atoms with E-state index in [-0.39, 0.29) is 17.8 Å². The monoisotopic (exact) mass is 458 g/mol. The highest BCUT2D eigenvalue weighted by Gasteiger charge is 2.21. The number of rotatable bonds is 5. The molecule has 0 radical (unpaired) electrons. The third-order valence-corrected chi connectivity index (χ3v) is 5.38. The lowest BCUT2D eigenvalue weighted by atomic mass is 10.1. The van der Waals surface area contributed by atoms with E-state index in [4.69, 9.17) is 4.74 Å². The lowest BCUT2D eigenvalue weighted by molar-refractivity contribution is 0.102. The highest BCUT2D eigenvalue weighted by atomic mass is 79.9. The molecule has 2 N–H and O–H groups in total. The van der Waals surface area contributed by atoms with E-state index < -0.39 is 0 Å². The quantitative estimate of drug-likeness (QED) is 0.606. The minimum absolute atomic E-state index is 0.0976. The summed E-state index contributed by atoms with van der Waals surface area (Å²) in [6, 6.07) is 10.9. The Balaban J connectivity index is 1.66. The normalized spacial score (nSPS) is 16.0. The average molecular weight is 459 g/mol. The number of nitrogens with zero attached hydrogens (tertiary/aromatic N) is 2. The standard InChI is InChI=1S/C21H20BrFN4O2/c1-27-20(18(22)12-25-27)17-10-15(6-7-19(17)29-16-8-9-24-11-16)26-21(28)13-2-4-14(23)5-3-13/h2-7,10,12,16,24H,8-9,11H2,1H3,(H,26,28)/t16-/m1/s1. The van der Waals surface area contributed by atoms with E-state index in [2.05, 4.69) is 31.7 Å². The molecule has 0 saturated carbocycles. The Morgan fingerprint density at radius 1 is 1.31 bits per heavy atom. The number of amides is 1. The van der Waals surface area contributed by atoms with Gasteiger partial charge in [-0.15, -0.1) is 0 Å². The fraction of sp³-hybridized carbons (Fsp3) is 0.238. The number of anilines is 1. The second kappa shape index (κ2) is 8.34. The van der Waals surface area contributed by atoms with E-state index in [1.165, 1.54) is 24.3 Å². The van der Waals surface area contributed by atoms with Crippen LogP contribution in [0.25, 0.3) is 11.3 Å². The van der Waals surface area contributed by atoms with Gasteiger partial charge in [-0.2, -0.15) is 5.10 Å². The number of benzene rings is 2. The Bertz CT molecular complexity index is 1010. The van der Waals surface area contributed by atoms with Crippen LogP contribution in [0.5, 0.6) is 5.75 Å². The van der Waals surface area contributed by atoms with Crippen molar-refractivity contribution in [2.45, 2.75) is 12.5 Å². The fourth-order valence-corrected chi connectivity index (χ4v) is 3.88. The van der Waals surface area contributed by atoms with Crippen molar-refractivity contribution in [3.63, 3.8) is 0 Å². The molecule has 0 unspecified atom stereocenters. The molecular weight excluding hydrogens is 439 g/mol. The minimum atomic E-state index is -0.382. The summed E-state index contributed by atoms with van der Waals surface area (Å²) in [4.78, 5) is 12.5. The first-order chi connectivity index (χ1) is 14.0. The van der Waals surface area contributed by atoms with Gasteiger partial charge in [0.1, 0.15) is 17.7 Å².